The average Bonchev–Trinajstić information content (AvgIpc) is 2.69. The number of piperidine rings is 1. The number of fused-ring (bicyclic) bond motifs is 1. The highest BCUT2D eigenvalue weighted by Crippen LogP contribution is 2.45. The number of phenols is 2. The fourth-order valence-electron chi connectivity index (χ4n) is 2.91. The SMILES string of the molecule is Nc1cc(O)c(O)c2c1C(N)N(C1CCC(=O)NC1=O)C2=O. The predicted molar refractivity (Wildman–Crippen MR) is 73.5 cm³/mol. The number of anilines is 1. The second-order valence-electron chi connectivity index (χ2n) is 5.25. The molecule has 0 aliphatic carbocycles. The van der Waals surface area contributed by atoms with Crippen molar-refractivity contribution in [3.05, 3.63) is 17.2 Å². The second kappa shape index (κ2) is 4.60. The number of hydrogen-bond acceptors (Lipinski definition) is 7. The van der Waals surface area contributed by atoms with E-state index >= 15 is 0 Å². The Morgan fingerprint density at radius 1 is 1.27 bits per heavy atom. The Morgan fingerprint density at radius 3 is 2.59 bits per heavy atom. The van der Waals surface area contributed by atoms with Crippen LogP contribution in [0.1, 0.15) is 34.9 Å². The van der Waals surface area contributed by atoms with Gasteiger partial charge in [0.1, 0.15) is 12.2 Å². The molecule has 22 heavy (non-hydrogen) atoms. The average molecular weight is 306 g/mol. The third kappa shape index (κ3) is 1.79. The van der Waals surface area contributed by atoms with Crippen LogP contribution in [0.5, 0.6) is 11.5 Å². The first-order valence-electron chi connectivity index (χ1n) is 6.59. The molecule has 2 aliphatic heterocycles. The van der Waals surface area contributed by atoms with Gasteiger partial charge in [-0.05, 0) is 6.42 Å². The standard InChI is InChI=1S/C13H14N4O5/c14-4-3-6(18)10(20)9-8(4)11(15)17(13(9)22)5-1-2-7(19)16-12(5)21/h3,5,11,18,20H,1-2,14-15H2,(H,16,19,21). The van der Waals surface area contributed by atoms with Gasteiger partial charge >= 0.3 is 0 Å². The summed E-state index contributed by atoms with van der Waals surface area (Å²) in [5, 5.41) is 21.6. The van der Waals surface area contributed by atoms with Crippen molar-refractivity contribution in [3.8, 4) is 11.5 Å². The third-order valence-corrected chi connectivity index (χ3v) is 3.94. The quantitative estimate of drug-likeness (QED) is 0.190. The zero-order valence-electron chi connectivity index (χ0n) is 11.4. The van der Waals surface area contributed by atoms with Gasteiger partial charge in [-0.1, -0.05) is 0 Å². The van der Waals surface area contributed by atoms with E-state index in [2.05, 4.69) is 5.32 Å². The van der Waals surface area contributed by atoms with Crippen molar-refractivity contribution in [2.24, 2.45) is 5.73 Å². The summed E-state index contributed by atoms with van der Waals surface area (Å²) in [6.45, 7) is 0. The van der Waals surface area contributed by atoms with Crippen molar-refractivity contribution in [3.63, 3.8) is 0 Å². The Hall–Kier alpha value is -2.81. The molecular weight excluding hydrogens is 292 g/mol. The molecule has 0 radical (unpaired) electrons. The molecule has 1 aromatic carbocycles. The minimum Gasteiger partial charge on any atom is -0.504 e. The van der Waals surface area contributed by atoms with Crippen molar-refractivity contribution in [1.29, 1.82) is 0 Å². The Kier molecular flexibility index (Phi) is 2.96. The molecule has 9 heteroatoms. The summed E-state index contributed by atoms with van der Waals surface area (Å²) >= 11 is 0. The number of imide groups is 1. The van der Waals surface area contributed by atoms with E-state index in [9.17, 15) is 24.6 Å². The number of nitrogen functional groups attached to an aromatic ring is 1. The maximum atomic E-state index is 12.5. The summed E-state index contributed by atoms with van der Waals surface area (Å²) in [5.74, 6) is -2.92. The highest BCUT2D eigenvalue weighted by atomic mass is 16.3. The summed E-state index contributed by atoms with van der Waals surface area (Å²) in [6.07, 6.45) is -0.835. The van der Waals surface area contributed by atoms with Gasteiger partial charge in [0.05, 0.1) is 5.56 Å². The van der Waals surface area contributed by atoms with Crippen LogP contribution < -0.4 is 16.8 Å². The smallest absolute Gasteiger partial charge is 0.260 e. The van der Waals surface area contributed by atoms with E-state index < -0.39 is 41.4 Å². The zero-order chi connectivity index (χ0) is 16.2. The first kappa shape index (κ1) is 14.1. The molecule has 2 atom stereocenters. The first-order valence-corrected chi connectivity index (χ1v) is 6.59. The summed E-state index contributed by atoms with van der Waals surface area (Å²) in [7, 11) is 0. The van der Waals surface area contributed by atoms with E-state index in [1.165, 1.54) is 0 Å². The van der Waals surface area contributed by atoms with Gasteiger partial charge in [-0.25, -0.2) is 0 Å². The van der Waals surface area contributed by atoms with Gasteiger partial charge in [0.25, 0.3) is 5.91 Å². The number of benzene rings is 1. The number of amides is 3. The molecule has 1 aromatic rings. The molecule has 1 fully saturated rings. The lowest BCUT2D eigenvalue weighted by atomic mass is 10.0. The number of nitrogens with zero attached hydrogens (tertiary/aromatic N) is 1. The van der Waals surface area contributed by atoms with Gasteiger partial charge in [-0.2, -0.15) is 0 Å². The van der Waals surface area contributed by atoms with Crippen molar-refractivity contribution < 1.29 is 24.6 Å². The van der Waals surface area contributed by atoms with Gasteiger partial charge in [-0.3, -0.25) is 19.7 Å². The molecule has 0 saturated carbocycles. The molecule has 3 amide bonds. The van der Waals surface area contributed by atoms with Crippen LogP contribution in [0, 0.1) is 0 Å². The molecule has 0 bridgehead atoms. The van der Waals surface area contributed by atoms with Crippen LogP contribution in [-0.2, 0) is 9.59 Å². The number of aromatic hydroxyl groups is 2. The predicted octanol–water partition coefficient (Wildman–Crippen LogP) is -1.10. The van der Waals surface area contributed by atoms with E-state index in [0.717, 1.165) is 11.0 Å². The number of phenolic OH excluding ortho intramolecular Hbond substituents is 2. The topological polar surface area (TPSA) is 159 Å². The minimum atomic E-state index is -1.04. The number of nitrogens with two attached hydrogens (primary N) is 2. The van der Waals surface area contributed by atoms with E-state index in [1.807, 2.05) is 0 Å². The molecule has 7 N–H and O–H groups in total. The van der Waals surface area contributed by atoms with Crippen LogP contribution >= 0.6 is 0 Å². The molecule has 0 aromatic heterocycles. The van der Waals surface area contributed by atoms with E-state index in [1.54, 1.807) is 0 Å². The molecule has 3 rings (SSSR count). The lowest BCUT2D eigenvalue weighted by Gasteiger charge is -2.32. The number of hydrogen-bond donors (Lipinski definition) is 5. The summed E-state index contributed by atoms with van der Waals surface area (Å²) in [5.41, 5.74) is 11.7. The normalized spacial score (nSPS) is 24.4. The van der Waals surface area contributed by atoms with Gasteiger partial charge in [-0.15, -0.1) is 0 Å². The first-order chi connectivity index (χ1) is 10.3. The summed E-state index contributed by atoms with van der Waals surface area (Å²) < 4.78 is 0. The molecule has 0 spiro atoms. The lowest BCUT2D eigenvalue weighted by molar-refractivity contribution is -0.137. The van der Waals surface area contributed by atoms with Crippen LogP contribution in [0.4, 0.5) is 5.69 Å². The molecule has 2 unspecified atom stereocenters. The number of rotatable bonds is 1. The van der Waals surface area contributed by atoms with Gasteiger partial charge < -0.3 is 26.6 Å². The molecule has 116 valence electrons. The highest BCUT2D eigenvalue weighted by Gasteiger charge is 2.46. The lowest BCUT2D eigenvalue weighted by Crippen LogP contribution is -2.54. The Labute approximate surface area is 124 Å². The minimum absolute atomic E-state index is 0.0425. The molecule has 2 heterocycles. The number of carbonyl (C=O) groups excluding carboxylic acids is 3. The summed E-state index contributed by atoms with van der Waals surface area (Å²) in [6, 6.07) is 0.156. The largest absolute Gasteiger partial charge is 0.504 e. The monoisotopic (exact) mass is 306 g/mol. The Balaban J connectivity index is 2.06. The van der Waals surface area contributed by atoms with Gasteiger partial charge in [0.15, 0.2) is 11.5 Å². The second-order valence-corrected chi connectivity index (χ2v) is 5.25. The van der Waals surface area contributed by atoms with Gasteiger partial charge in [0, 0.05) is 23.7 Å². The molecular formula is C13H14N4O5. The third-order valence-electron chi connectivity index (χ3n) is 3.94. The summed E-state index contributed by atoms with van der Waals surface area (Å²) in [4.78, 5) is 36.7. The maximum absolute atomic E-state index is 12.5. The van der Waals surface area contributed by atoms with Crippen molar-refractivity contribution in [1.82, 2.24) is 10.2 Å². The van der Waals surface area contributed by atoms with E-state index in [-0.39, 0.29) is 29.7 Å². The van der Waals surface area contributed by atoms with Crippen LogP contribution in [0.3, 0.4) is 0 Å². The fraction of sp³-hybridized carbons (Fsp3) is 0.308. The van der Waals surface area contributed by atoms with E-state index in [4.69, 9.17) is 11.5 Å². The van der Waals surface area contributed by atoms with Crippen LogP contribution in [0.25, 0.3) is 0 Å². The Morgan fingerprint density at radius 2 is 1.95 bits per heavy atom. The van der Waals surface area contributed by atoms with Crippen LogP contribution in [0.2, 0.25) is 0 Å². The number of carbonyl (C=O) groups is 3. The molecule has 9 nitrogen and oxygen atoms in total. The van der Waals surface area contributed by atoms with Crippen LogP contribution in [0.15, 0.2) is 6.07 Å². The van der Waals surface area contributed by atoms with Crippen LogP contribution in [-0.4, -0.2) is 38.9 Å². The van der Waals surface area contributed by atoms with Crippen molar-refractivity contribution in [2.75, 3.05) is 5.73 Å². The molecule has 2 aliphatic rings. The highest BCUT2D eigenvalue weighted by molar-refractivity contribution is 6.08. The number of nitrogens with one attached hydrogen (secondary N) is 1. The van der Waals surface area contributed by atoms with Crippen molar-refractivity contribution in [2.45, 2.75) is 25.0 Å². The zero-order valence-corrected chi connectivity index (χ0v) is 11.4. The Bertz CT molecular complexity index is 717. The molecule has 1 saturated heterocycles. The van der Waals surface area contributed by atoms with Gasteiger partial charge in [0.2, 0.25) is 11.8 Å². The van der Waals surface area contributed by atoms with E-state index in [0.29, 0.717) is 0 Å². The fourth-order valence-corrected chi connectivity index (χ4v) is 2.91. The van der Waals surface area contributed by atoms with Crippen molar-refractivity contribution >= 4 is 23.4 Å². The maximum Gasteiger partial charge on any atom is 0.260 e.